The Hall–Kier alpha value is -2.75. The number of hydrogen-bond donors (Lipinski definition) is 1. The van der Waals surface area contributed by atoms with Gasteiger partial charge < -0.3 is 15.0 Å². The van der Waals surface area contributed by atoms with Gasteiger partial charge >= 0.3 is 0 Å². The topological polar surface area (TPSA) is 107 Å². The molecule has 32 heavy (non-hydrogen) atoms. The van der Waals surface area contributed by atoms with Crippen molar-refractivity contribution in [3.8, 4) is 0 Å². The molecule has 1 N–H and O–H groups in total. The average molecular weight is 444 g/mol. The van der Waals surface area contributed by atoms with E-state index in [4.69, 9.17) is 4.74 Å². The second kappa shape index (κ2) is 10.2. The molecule has 0 saturated carbocycles. The van der Waals surface area contributed by atoms with E-state index in [2.05, 4.69) is 27.7 Å². The summed E-state index contributed by atoms with van der Waals surface area (Å²) in [6.07, 6.45) is 8.72. The quantitative estimate of drug-likeness (QED) is 0.773. The number of carbonyl (C=O) groups excluding carboxylic acids is 2. The first-order valence-corrected chi connectivity index (χ1v) is 11.7. The molecule has 0 atom stereocenters. The van der Waals surface area contributed by atoms with E-state index in [9.17, 15) is 9.59 Å². The number of likely N-dealkylation sites (tertiary alicyclic amines) is 1. The Labute approximate surface area is 188 Å². The molecule has 0 unspecified atom stereocenters. The van der Waals surface area contributed by atoms with Crippen LogP contribution in [0.4, 0.5) is 0 Å². The molecular weight excluding hydrogens is 410 g/mol. The van der Waals surface area contributed by atoms with Gasteiger partial charge in [-0.25, -0.2) is 0 Å². The normalized spacial score (nSPS) is 20.0. The molecule has 0 radical (unpaired) electrons. The predicted octanol–water partition coefficient (Wildman–Crippen LogP) is 1.62. The van der Waals surface area contributed by atoms with Crippen LogP contribution in [0.15, 0.2) is 18.5 Å². The molecule has 174 valence electrons. The number of piperidine rings is 1. The molecule has 2 amide bonds. The first kappa shape index (κ1) is 22.4. The Morgan fingerprint density at radius 1 is 1.22 bits per heavy atom. The molecule has 1 fully saturated rings. The lowest BCUT2D eigenvalue weighted by Gasteiger charge is -2.40. The summed E-state index contributed by atoms with van der Waals surface area (Å²) in [5.74, 6) is 0.0285. The molecule has 2 aliphatic heterocycles. The van der Waals surface area contributed by atoms with Gasteiger partial charge in [-0.1, -0.05) is 18.6 Å². The number of rotatable bonds is 3. The van der Waals surface area contributed by atoms with Crippen LogP contribution in [0, 0.1) is 5.41 Å². The summed E-state index contributed by atoms with van der Waals surface area (Å²) in [6, 6.07) is 1.78. The fraction of sp³-hybridized carbons (Fsp3) is 0.682. The Bertz CT molecular complexity index is 914. The lowest BCUT2D eigenvalue weighted by Crippen LogP contribution is -2.50. The lowest BCUT2D eigenvalue weighted by molar-refractivity contribution is -0.134. The van der Waals surface area contributed by atoms with Crippen LogP contribution in [0.1, 0.15) is 61.6 Å². The van der Waals surface area contributed by atoms with E-state index < -0.39 is 5.41 Å². The van der Waals surface area contributed by atoms with Crippen LogP contribution in [0.3, 0.4) is 0 Å². The third-order valence-electron chi connectivity index (χ3n) is 6.46. The largest absolute Gasteiger partial charge is 0.373 e. The second-order valence-corrected chi connectivity index (χ2v) is 8.78. The molecule has 10 heteroatoms. The highest BCUT2D eigenvalue weighted by molar-refractivity contribution is 5.92. The van der Waals surface area contributed by atoms with Crippen LogP contribution in [-0.2, 0) is 29.2 Å². The summed E-state index contributed by atoms with van der Waals surface area (Å²) >= 11 is 0. The van der Waals surface area contributed by atoms with Gasteiger partial charge in [0.2, 0.25) is 5.91 Å². The third kappa shape index (κ3) is 5.17. The number of carbonyl (C=O) groups is 2. The maximum Gasteiger partial charge on any atom is 0.274 e. The molecule has 2 aromatic heterocycles. The lowest BCUT2D eigenvalue weighted by atomic mass is 9.73. The number of aryl methyl sites for hydroxylation is 2. The zero-order valence-electron chi connectivity index (χ0n) is 18.8. The number of aromatic nitrogens is 5. The van der Waals surface area contributed by atoms with E-state index in [0.29, 0.717) is 51.4 Å². The van der Waals surface area contributed by atoms with Crippen LogP contribution in [0.25, 0.3) is 0 Å². The molecule has 10 nitrogen and oxygen atoms in total. The maximum absolute atomic E-state index is 13.2. The van der Waals surface area contributed by atoms with Gasteiger partial charge in [-0.15, -0.1) is 5.10 Å². The van der Waals surface area contributed by atoms with Crippen LogP contribution >= 0.6 is 0 Å². The smallest absolute Gasteiger partial charge is 0.274 e. The Morgan fingerprint density at radius 2 is 2.06 bits per heavy atom. The van der Waals surface area contributed by atoms with Gasteiger partial charge in [0.1, 0.15) is 11.4 Å². The fourth-order valence-corrected chi connectivity index (χ4v) is 4.57. The number of amides is 2. The van der Waals surface area contributed by atoms with Crippen molar-refractivity contribution in [3.05, 3.63) is 29.8 Å². The van der Waals surface area contributed by atoms with Crippen molar-refractivity contribution in [2.45, 2.75) is 65.1 Å². The summed E-state index contributed by atoms with van der Waals surface area (Å²) in [5.41, 5.74) is 0.839. The van der Waals surface area contributed by atoms with Crippen LogP contribution in [-0.4, -0.2) is 67.7 Å². The highest BCUT2D eigenvalue weighted by atomic mass is 16.5. The summed E-state index contributed by atoms with van der Waals surface area (Å²) in [6.45, 7) is 6.08. The molecule has 1 saturated heterocycles. The monoisotopic (exact) mass is 443 g/mol. The van der Waals surface area contributed by atoms with E-state index >= 15 is 0 Å². The molecule has 2 bridgehead atoms. The molecular formula is C22H33N7O3. The molecule has 2 aromatic rings. The zero-order valence-corrected chi connectivity index (χ0v) is 18.8. The first-order valence-electron chi connectivity index (χ1n) is 11.7. The molecule has 4 heterocycles. The molecule has 2 aliphatic rings. The second-order valence-electron chi connectivity index (χ2n) is 8.78. The van der Waals surface area contributed by atoms with Gasteiger partial charge in [0.15, 0.2) is 0 Å². The van der Waals surface area contributed by atoms with Gasteiger partial charge in [0.25, 0.3) is 5.91 Å². The van der Waals surface area contributed by atoms with Crippen molar-refractivity contribution in [1.82, 2.24) is 35.0 Å². The fourth-order valence-electron chi connectivity index (χ4n) is 4.57. The molecule has 0 aliphatic carbocycles. The van der Waals surface area contributed by atoms with Crippen LogP contribution < -0.4 is 5.32 Å². The first-order chi connectivity index (χ1) is 15.6. The summed E-state index contributed by atoms with van der Waals surface area (Å²) in [7, 11) is 0. The standard InChI is InChI=1S/C22H33N7O3/c1-2-10-28-12-5-19(25-28)20(30)27-13-7-22(8-14-27)6-3-4-11-29-16-18(24-26-29)17-32-15-9-23-21(22)31/h5,12,16H,2-4,6-11,13-15,17H2,1H3,(H,23,31). The Kier molecular flexibility index (Phi) is 7.19. The summed E-state index contributed by atoms with van der Waals surface area (Å²) < 4.78 is 9.28. The Morgan fingerprint density at radius 3 is 2.88 bits per heavy atom. The highest BCUT2D eigenvalue weighted by Gasteiger charge is 2.41. The van der Waals surface area contributed by atoms with Crippen molar-refractivity contribution in [3.63, 3.8) is 0 Å². The minimum Gasteiger partial charge on any atom is -0.373 e. The zero-order chi connectivity index (χ0) is 22.4. The molecule has 4 rings (SSSR count). The van der Waals surface area contributed by atoms with Crippen LogP contribution in [0.2, 0.25) is 0 Å². The van der Waals surface area contributed by atoms with Gasteiger partial charge in [-0.3, -0.25) is 19.0 Å². The number of nitrogens with zero attached hydrogens (tertiary/aromatic N) is 6. The van der Waals surface area contributed by atoms with Crippen molar-refractivity contribution in [2.24, 2.45) is 5.41 Å². The van der Waals surface area contributed by atoms with E-state index in [1.807, 2.05) is 26.7 Å². The van der Waals surface area contributed by atoms with Gasteiger partial charge in [-0.05, 0) is 38.2 Å². The van der Waals surface area contributed by atoms with Gasteiger partial charge in [0.05, 0.1) is 24.8 Å². The third-order valence-corrected chi connectivity index (χ3v) is 6.46. The number of nitrogens with one attached hydrogen (secondary N) is 1. The van der Waals surface area contributed by atoms with E-state index in [1.54, 1.807) is 6.07 Å². The average Bonchev–Trinajstić information content (AvgIpc) is 3.46. The summed E-state index contributed by atoms with van der Waals surface area (Å²) in [4.78, 5) is 27.9. The number of hydrogen-bond acceptors (Lipinski definition) is 6. The van der Waals surface area contributed by atoms with Crippen molar-refractivity contribution >= 4 is 11.8 Å². The van der Waals surface area contributed by atoms with Crippen LogP contribution in [0.5, 0.6) is 0 Å². The van der Waals surface area contributed by atoms with E-state index in [1.165, 1.54) is 0 Å². The molecule has 1 spiro atoms. The number of ether oxygens (including phenoxy) is 1. The predicted molar refractivity (Wildman–Crippen MR) is 117 cm³/mol. The Balaban J connectivity index is 1.38. The maximum atomic E-state index is 13.2. The van der Waals surface area contributed by atoms with Gasteiger partial charge in [0, 0.05) is 38.9 Å². The van der Waals surface area contributed by atoms with E-state index in [0.717, 1.165) is 44.5 Å². The molecule has 0 aromatic carbocycles. The van der Waals surface area contributed by atoms with Crippen molar-refractivity contribution < 1.29 is 14.3 Å². The van der Waals surface area contributed by atoms with E-state index in [-0.39, 0.29) is 11.8 Å². The minimum atomic E-state index is -0.448. The number of fused-ring (bicyclic) bond motifs is 2. The minimum absolute atomic E-state index is 0.0496. The van der Waals surface area contributed by atoms with Crippen molar-refractivity contribution in [2.75, 3.05) is 26.2 Å². The van der Waals surface area contributed by atoms with Crippen molar-refractivity contribution in [1.29, 1.82) is 0 Å². The SMILES string of the molecule is CCCn1ccc(C(=O)N2CCC3(CCCCn4cc(nn4)COCCNC3=O)CC2)n1. The summed E-state index contributed by atoms with van der Waals surface area (Å²) in [5, 5.41) is 15.7. The highest BCUT2D eigenvalue weighted by Crippen LogP contribution is 2.37. The van der Waals surface area contributed by atoms with Gasteiger partial charge in [-0.2, -0.15) is 5.10 Å².